The topological polar surface area (TPSA) is 46.3 Å². The molecular weight excluding hydrogens is 212 g/mol. The second-order valence-corrected chi connectivity index (χ2v) is 5.96. The summed E-state index contributed by atoms with van der Waals surface area (Å²) in [5.41, 5.74) is 5.91. The number of nitrogens with two attached hydrogens (primary N) is 1. The number of hydrogen-bond donors (Lipinski definition) is 1. The highest BCUT2D eigenvalue weighted by Crippen LogP contribution is 2.28. The quantitative estimate of drug-likeness (QED) is 0.819. The Kier molecular flexibility index (Phi) is 4.43. The van der Waals surface area contributed by atoms with Crippen molar-refractivity contribution in [3.8, 4) is 0 Å². The van der Waals surface area contributed by atoms with E-state index in [4.69, 9.17) is 5.73 Å². The molecule has 2 N–H and O–H groups in total. The van der Waals surface area contributed by atoms with Crippen LogP contribution < -0.4 is 5.73 Å². The number of carbonyl (C=O) groups excluding carboxylic acids is 1. The van der Waals surface area contributed by atoms with E-state index in [2.05, 4.69) is 6.92 Å². The van der Waals surface area contributed by atoms with Crippen LogP contribution in [0.25, 0.3) is 0 Å². The Morgan fingerprint density at radius 3 is 2.59 bits per heavy atom. The minimum Gasteiger partial charge on any atom is -0.342 e. The predicted octanol–water partition coefficient (Wildman–Crippen LogP) is 2.15. The standard InChI is InChI=1S/C14H26N2O/c1-11(15)13-7-8-16(10-13)14(17)9-12-5-3-2-4-6-12/h11-13H,2-10,15H2,1H3. The van der Waals surface area contributed by atoms with Gasteiger partial charge in [-0.3, -0.25) is 4.79 Å². The van der Waals surface area contributed by atoms with Gasteiger partial charge in [0.05, 0.1) is 0 Å². The molecule has 98 valence electrons. The lowest BCUT2D eigenvalue weighted by atomic mass is 9.87. The first-order valence-electron chi connectivity index (χ1n) is 7.20. The molecule has 2 atom stereocenters. The summed E-state index contributed by atoms with van der Waals surface area (Å²) in [6.07, 6.45) is 8.40. The highest BCUT2D eigenvalue weighted by atomic mass is 16.2. The van der Waals surface area contributed by atoms with Crippen molar-refractivity contribution >= 4 is 5.91 Å². The van der Waals surface area contributed by atoms with Crippen molar-refractivity contribution in [2.75, 3.05) is 13.1 Å². The fourth-order valence-corrected chi connectivity index (χ4v) is 3.21. The molecule has 0 spiro atoms. The average molecular weight is 238 g/mol. The molecule has 1 aliphatic heterocycles. The minimum absolute atomic E-state index is 0.225. The Hall–Kier alpha value is -0.570. The first kappa shape index (κ1) is 12.9. The molecule has 17 heavy (non-hydrogen) atoms. The van der Waals surface area contributed by atoms with Gasteiger partial charge in [-0.1, -0.05) is 19.3 Å². The lowest BCUT2D eigenvalue weighted by molar-refractivity contribution is -0.131. The molecular formula is C14H26N2O. The van der Waals surface area contributed by atoms with Crippen molar-refractivity contribution in [3.05, 3.63) is 0 Å². The van der Waals surface area contributed by atoms with E-state index >= 15 is 0 Å². The number of nitrogens with zero attached hydrogens (tertiary/aromatic N) is 1. The number of rotatable bonds is 3. The van der Waals surface area contributed by atoms with E-state index in [0.29, 0.717) is 17.7 Å². The van der Waals surface area contributed by atoms with Crippen LogP contribution in [0, 0.1) is 11.8 Å². The van der Waals surface area contributed by atoms with Gasteiger partial charge in [0.15, 0.2) is 0 Å². The van der Waals surface area contributed by atoms with E-state index in [1.807, 2.05) is 4.90 Å². The maximum atomic E-state index is 12.2. The van der Waals surface area contributed by atoms with Gasteiger partial charge in [0.2, 0.25) is 5.91 Å². The van der Waals surface area contributed by atoms with Gasteiger partial charge in [0, 0.05) is 25.6 Å². The lowest BCUT2D eigenvalue weighted by Crippen LogP contribution is -2.34. The van der Waals surface area contributed by atoms with Crippen molar-refractivity contribution in [1.82, 2.24) is 4.90 Å². The third-order valence-electron chi connectivity index (χ3n) is 4.51. The Bertz CT molecular complexity index is 259. The van der Waals surface area contributed by atoms with Gasteiger partial charge in [0.25, 0.3) is 0 Å². The van der Waals surface area contributed by atoms with E-state index < -0.39 is 0 Å². The first-order chi connectivity index (χ1) is 8.16. The summed E-state index contributed by atoms with van der Waals surface area (Å²) in [5.74, 6) is 1.55. The Morgan fingerprint density at radius 1 is 1.29 bits per heavy atom. The van der Waals surface area contributed by atoms with Crippen LogP contribution in [0.5, 0.6) is 0 Å². The summed E-state index contributed by atoms with van der Waals surface area (Å²) in [6, 6.07) is 0.225. The number of likely N-dealkylation sites (tertiary alicyclic amines) is 1. The maximum Gasteiger partial charge on any atom is 0.222 e. The van der Waals surface area contributed by atoms with Crippen LogP contribution in [0.2, 0.25) is 0 Å². The van der Waals surface area contributed by atoms with Gasteiger partial charge in [0.1, 0.15) is 0 Å². The molecule has 0 bridgehead atoms. The van der Waals surface area contributed by atoms with Crippen LogP contribution in [0.3, 0.4) is 0 Å². The van der Waals surface area contributed by atoms with Gasteiger partial charge in [-0.2, -0.15) is 0 Å². The second-order valence-electron chi connectivity index (χ2n) is 5.96. The van der Waals surface area contributed by atoms with Crippen molar-refractivity contribution < 1.29 is 4.79 Å². The third kappa shape index (κ3) is 3.44. The summed E-state index contributed by atoms with van der Waals surface area (Å²) in [6.45, 7) is 3.88. The largest absolute Gasteiger partial charge is 0.342 e. The summed E-state index contributed by atoms with van der Waals surface area (Å²) < 4.78 is 0. The molecule has 2 aliphatic rings. The minimum atomic E-state index is 0.225. The van der Waals surface area contributed by atoms with Crippen LogP contribution in [0.4, 0.5) is 0 Å². The smallest absolute Gasteiger partial charge is 0.222 e. The van der Waals surface area contributed by atoms with Crippen molar-refractivity contribution in [2.45, 2.75) is 57.9 Å². The molecule has 0 radical (unpaired) electrons. The van der Waals surface area contributed by atoms with Crippen molar-refractivity contribution in [2.24, 2.45) is 17.6 Å². The van der Waals surface area contributed by atoms with Crippen LogP contribution >= 0.6 is 0 Å². The van der Waals surface area contributed by atoms with Gasteiger partial charge in [-0.25, -0.2) is 0 Å². The highest BCUT2D eigenvalue weighted by Gasteiger charge is 2.29. The van der Waals surface area contributed by atoms with Gasteiger partial charge in [-0.15, -0.1) is 0 Å². The zero-order chi connectivity index (χ0) is 12.3. The molecule has 2 unspecified atom stereocenters. The molecule has 1 saturated heterocycles. The normalized spacial score (nSPS) is 28.4. The van der Waals surface area contributed by atoms with Crippen LogP contribution in [-0.2, 0) is 4.79 Å². The van der Waals surface area contributed by atoms with Crippen molar-refractivity contribution in [1.29, 1.82) is 0 Å². The zero-order valence-electron chi connectivity index (χ0n) is 11.0. The monoisotopic (exact) mass is 238 g/mol. The third-order valence-corrected chi connectivity index (χ3v) is 4.51. The first-order valence-corrected chi connectivity index (χ1v) is 7.20. The Labute approximate surface area is 105 Å². The van der Waals surface area contributed by atoms with E-state index in [0.717, 1.165) is 25.9 Å². The van der Waals surface area contributed by atoms with E-state index in [9.17, 15) is 4.79 Å². The molecule has 2 rings (SSSR count). The van der Waals surface area contributed by atoms with Crippen LogP contribution in [-0.4, -0.2) is 29.9 Å². The zero-order valence-corrected chi connectivity index (χ0v) is 11.0. The fraction of sp³-hybridized carbons (Fsp3) is 0.929. The number of amides is 1. The molecule has 0 aromatic rings. The summed E-state index contributed by atoms with van der Waals surface area (Å²) >= 11 is 0. The molecule has 2 fully saturated rings. The van der Waals surface area contributed by atoms with E-state index in [-0.39, 0.29) is 6.04 Å². The SMILES string of the molecule is CC(N)C1CCN(C(=O)CC2CCCCC2)C1. The second kappa shape index (κ2) is 5.85. The highest BCUT2D eigenvalue weighted by molar-refractivity contribution is 5.76. The summed E-state index contributed by atoms with van der Waals surface area (Å²) in [7, 11) is 0. The Balaban J connectivity index is 1.76. The van der Waals surface area contributed by atoms with Crippen LogP contribution in [0.1, 0.15) is 51.9 Å². The molecule has 1 aliphatic carbocycles. The molecule has 3 heteroatoms. The van der Waals surface area contributed by atoms with Gasteiger partial charge < -0.3 is 10.6 Å². The molecule has 3 nitrogen and oxygen atoms in total. The lowest BCUT2D eigenvalue weighted by Gasteiger charge is -2.24. The van der Waals surface area contributed by atoms with Crippen molar-refractivity contribution in [3.63, 3.8) is 0 Å². The predicted molar refractivity (Wildman–Crippen MR) is 69.5 cm³/mol. The van der Waals surface area contributed by atoms with E-state index in [1.54, 1.807) is 0 Å². The average Bonchev–Trinajstić information content (AvgIpc) is 2.79. The van der Waals surface area contributed by atoms with Crippen LogP contribution in [0.15, 0.2) is 0 Å². The molecule has 1 heterocycles. The fourth-order valence-electron chi connectivity index (χ4n) is 3.21. The van der Waals surface area contributed by atoms with Gasteiger partial charge >= 0.3 is 0 Å². The van der Waals surface area contributed by atoms with E-state index in [1.165, 1.54) is 32.1 Å². The number of carbonyl (C=O) groups is 1. The summed E-state index contributed by atoms with van der Waals surface area (Å²) in [5, 5.41) is 0. The summed E-state index contributed by atoms with van der Waals surface area (Å²) in [4.78, 5) is 14.2. The van der Waals surface area contributed by atoms with Gasteiger partial charge in [-0.05, 0) is 38.0 Å². The molecule has 1 saturated carbocycles. The number of hydrogen-bond acceptors (Lipinski definition) is 2. The molecule has 0 aromatic heterocycles. The molecule has 1 amide bonds. The molecule has 0 aromatic carbocycles. The Morgan fingerprint density at radius 2 is 2.00 bits per heavy atom. The maximum absolute atomic E-state index is 12.2.